The molecular formula is C20H17F3N6. The molecule has 0 aliphatic heterocycles. The summed E-state index contributed by atoms with van der Waals surface area (Å²) < 4.78 is 42.5. The lowest BCUT2D eigenvalue weighted by atomic mass is 10.2. The van der Waals surface area contributed by atoms with Crippen molar-refractivity contribution in [3.8, 4) is 11.4 Å². The zero-order valence-electron chi connectivity index (χ0n) is 15.9. The molecular weight excluding hydrogens is 381 g/mol. The summed E-state index contributed by atoms with van der Waals surface area (Å²) in [5.74, 6) is 0.670. The number of alkyl halides is 3. The lowest BCUT2D eigenvalue weighted by molar-refractivity contribution is -0.141. The van der Waals surface area contributed by atoms with Gasteiger partial charge in [0, 0.05) is 19.4 Å². The SMILES string of the molecule is Cc1cc(C=Cc2nc(-c3ccccn3)cn2C)nn2c(C)c(C(F)(F)F)nc12. The first-order valence-corrected chi connectivity index (χ1v) is 8.81. The molecule has 6 nitrogen and oxygen atoms in total. The molecule has 0 fully saturated rings. The molecule has 4 aromatic heterocycles. The quantitative estimate of drug-likeness (QED) is 0.515. The molecule has 9 heteroatoms. The van der Waals surface area contributed by atoms with Gasteiger partial charge in [0.15, 0.2) is 11.3 Å². The molecule has 0 saturated carbocycles. The van der Waals surface area contributed by atoms with Crippen molar-refractivity contribution in [2.24, 2.45) is 7.05 Å². The largest absolute Gasteiger partial charge is 0.435 e. The highest BCUT2D eigenvalue weighted by Gasteiger charge is 2.37. The summed E-state index contributed by atoms with van der Waals surface area (Å²) in [6.45, 7) is 3.07. The molecule has 4 rings (SSSR count). The molecule has 0 aliphatic carbocycles. The molecule has 4 heterocycles. The van der Waals surface area contributed by atoms with Gasteiger partial charge in [0.05, 0.1) is 17.1 Å². The Morgan fingerprint density at radius 1 is 1.03 bits per heavy atom. The summed E-state index contributed by atoms with van der Waals surface area (Å²) in [5, 5.41) is 4.30. The van der Waals surface area contributed by atoms with Crippen LogP contribution in [0, 0.1) is 13.8 Å². The van der Waals surface area contributed by atoms with Crippen LogP contribution in [-0.2, 0) is 13.2 Å². The van der Waals surface area contributed by atoms with Crippen molar-refractivity contribution in [2.75, 3.05) is 0 Å². The molecule has 0 N–H and O–H groups in total. The highest BCUT2D eigenvalue weighted by atomic mass is 19.4. The van der Waals surface area contributed by atoms with Crippen molar-refractivity contribution in [1.82, 2.24) is 29.1 Å². The summed E-state index contributed by atoms with van der Waals surface area (Å²) in [6.07, 6.45) is 2.51. The first-order valence-electron chi connectivity index (χ1n) is 8.81. The van der Waals surface area contributed by atoms with Crippen LogP contribution in [0.1, 0.15) is 28.5 Å². The maximum absolute atomic E-state index is 13.1. The fourth-order valence-corrected chi connectivity index (χ4v) is 3.08. The average Bonchev–Trinajstić information content (AvgIpc) is 3.21. The van der Waals surface area contributed by atoms with E-state index in [0.29, 0.717) is 17.1 Å². The van der Waals surface area contributed by atoms with E-state index in [2.05, 4.69) is 20.1 Å². The number of hydrogen-bond donors (Lipinski definition) is 0. The minimum Gasteiger partial charge on any atom is -0.334 e. The fourth-order valence-electron chi connectivity index (χ4n) is 3.08. The van der Waals surface area contributed by atoms with E-state index >= 15 is 0 Å². The van der Waals surface area contributed by atoms with E-state index in [-0.39, 0.29) is 11.3 Å². The zero-order chi connectivity index (χ0) is 20.8. The monoisotopic (exact) mass is 398 g/mol. The van der Waals surface area contributed by atoms with Crippen LogP contribution >= 0.6 is 0 Å². The molecule has 0 unspecified atom stereocenters. The first kappa shape index (κ1) is 18.9. The van der Waals surface area contributed by atoms with E-state index in [1.54, 1.807) is 31.3 Å². The van der Waals surface area contributed by atoms with Crippen LogP contribution in [0.2, 0.25) is 0 Å². The van der Waals surface area contributed by atoms with Crippen molar-refractivity contribution in [2.45, 2.75) is 20.0 Å². The second kappa shape index (κ2) is 6.84. The normalized spacial score (nSPS) is 12.3. The molecule has 0 spiro atoms. The molecule has 0 saturated heterocycles. The van der Waals surface area contributed by atoms with Crippen LogP contribution in [0.3, 0.4) is 0 Å². The van der Waals surface area contributed by atoms with Gasteiger partial charge in [0.1, 0.15) is 11.5 Å². The molecule has 0 aromatic carbocycles. The number of fused-ring (bicyclic) bond motifs is 1. The molecule has 4 aromatic rings. The number of pyridine rings is 1. The topological polar surface area (TPSA) is 60.9 Å². The van der Waals surface area contributed by atoms with Crippen LogP contribution < -0.4 is 0 Å². The minimum absolute atomic E-state index is 0.0414. The van der Waals surface area contributed by atoms with Crippen LogP contribution in [0.4, 0.5) is 13.2 Å². The Morgan fingerprint density at radius 2 is 1.83 bits per heavy atom. The van der Waals surface area contributed by atoms with Gasteiger partial charge in [-0.15, -0.1) is 0 Å². The molecule has 0 bridgehead atoms. The van der Waals surface area contributed by atoms with Gasteiger partial charge in [0.2, 0.25) is 0 Å². The molecule has 29 heavy (non-hydrogen) atoms. The van der Waals surface area contributed by atoms with Gasteiger partial charge in [-0.25, -0.2) is 14.5 Å². The fraction of sp³-hybridized carbons (Fsp3) is 0.200. The zero-order valence-corrected chi connectivity index (χ0v) is 15.9. The molecule has 148 valence electrons. The number of rotatable bonds is 3. The summed E-state index contributed by atoms with van der Waals surface area (Å²) >= 11 is 0. The van der Waals surface area contributed by atoms with Gasteiger partial charge in [-0.1, -0.05) is 6.07 Å². The van der Waals surface area contributed by atoms with E-state index < -0.39 is 11.9 Å². The van der Waals surface area contributed by atoms with Gasteiger partial charge in [-0.05, 0) is 49.8 Å². The van der Waals surface area contributed by atoms with Crippen LogP contribution in [0.15, 0.2) is 36.7 Å². The number of aromatic nitrogens is 6. The highest BCUT2D eigenvalue weighted by molar-refractivity contribution is 5.68. The predicted octanol–water partition coefficient (Wildman–Crippen LogP) is 4.33. The van der Waals surface area contributed by atoms with E-state index in [4.69, 9.17) is 0 Å². The molecule has 0 atom stereocenters. The predicted molar refractivity (Wildman–Crippen MR) is 103 cm³/mol. The Labute approximate surface area is 164 Å². The summed E-state index contributed by atoms with van der Waals surface area (Å²) in [4.78, 5) is 12.6. The van der Waals surface area contributed by atoms with E-state index in [0.717, 1.165) is 11.4 Å². The summed E-state index contributed by atoms with van der Waals surface area (Å²) in [5.41, 5.74) is 1.83. The van der Waals surface area contributed by atoms with Crippen molar-refractivity contribution in [1.29, 1.82) is 0 Å². The number of nitrogens with zero attached hydrogens (tertiary/aromatic N) is 6. The highest BCUT2D eigenvalue weighted by Crippen LogP contribution is 2.32. The van der Waals surface area contributed by atoms with E-state index in [1.807, 2.05) is 36.0 Å². The maximum atomic E-state index is 13.1. The minimum atomic E-state index is -4.52. The standard InChI is InChI=1S/C20H17F3N6/c1-12-10-14(27-29-13(2)18(20(21,22)23)26-19(12)29)7-8-17-25-16(11-28(17)3)15-6-4-5-9-24-15/h4-11H,1-3H3. The Morgan fingerprint density at radius 3 is 2.52 bits per heavy atom. The Balaban J connectivity index is 1.71. The number of imidazole rings is 2. The number of hydrogen-bond acceptors (Lipinski definition) is 4. The van der Waals surface area contributed by atoms with Crippen molar-refractivity contribution < 1.29 is 13.2 Å². The Kier molecular flexibility index (Phi) is 4.45. The average molecular weight is 398 g/mol. The Bertz CT molecular complexity index is 1220. The lowest BCUT2D eigenvalue weighted by Crippen LogP contribution is -2.08. The Hall–Kier alpha value is -3.49. The molecule has 0 aliphatic rings. The van der Waals surface area contributed by atoms with Gasteiger partial charge >= 0.3 is 6.18 Å². The third kappa shape index (κ3) is 3.51. The van der Waals surface area contributed by atoms with Crippen LogP contribution in [0.5, 0.6) is 0 Å². The second-order valence-corrected chi connectivity index (χ2v) is 6.67. The van der Waals surface area contributed by atoms with E-state index in [9.17, 15) is 13.2 Å². The van der Waals surface area contributed by atoms with Crippen molar-refractivity contribution >= 4 is 17.8 Å². The maximum Gasteiger partial charge on any atom is 0.435 e. The molecule has 0 amide bonds. The second-order valence-electron chi connectivity index (χ2n) is 6.67. The van der Waals surface area contributed by atoms with Gasteiger partial charge in [-0.3, -0.25) is 4.98 Å². The third-order valence-electron chi connectivity index (χ3n) is 4.52. The van der Waals surface area contributed by atoms with Crippen molar-refractivity contribution in [3.05, 3.63) is 65.1 Å². The molecule has 0 radical (unpaired) electrons. The van der Waals surface area contributed by atoms with Crippen molar-refractivity contribution in [3.63, 3.8) is 0 Å². The van der Waals surface area contributed by atoms with Gasteiger partial charge < -0.3 is 4.57 Å². The third-order valence-corrected chi connectivity index (χ3v) is 4.52. The van der Waals surface area contributed by atoms with Gasteiger partial charge in [-0.2, -0.15) is 18.3 Å². The first-order chi connectivity index (χ1) is 13.7. The smallest absolute Gasteiger partial charge is 0.334 e. The number of halogens is 3. The number of aryl methyl sites for hydroxylation is 3. The van der Waals surface area contributed by atoms with Crippen LogP contribution in [-0.4, -0.2) is 29.1 Å². The summed E-state index contributed by atoms with van der Waals surface area (Å²) in [7, 11) is 1.86. The lowest BCUT2D eigenvalue weighted by Gasteiger charge is -2.03. The summed E-state index contributed by atoms with van der Waals surface area (Å²) in [6, 6.07) is 7.28. The van der Waals surface area contributed by atoms with Gasteiger partial charge in [0.25, 0.3) is 0 Å². The van der Waals surface area contributed by atoms with E-state index in [1.165, 1.54) is 11.4 Å². The van der Waals surface area contributed by atoms with Crippen LogP contribution in [0.25, 0.3) is 29.2 Å².